The van der Waals surface area contributed by atoms with Gasteiger partial charge < -0.3 is 25.0 Å². The highest BCUT2D eigenvalue weighted by molar-refractivity contribution is 5.94. The van der Waals surface area contributed by atoms with Gasteiger partial charge in [-0.05, 0) is 19.5 Å². The monoisotopic (exact) mass is 385 g/mol. The second-order valence-electron chi connectivity index (χ2n) is 6.56. The van der Waals surface area contributed by atoms with Gasteiger partial charge in [0, 0.05) is 50.4 Å². The Hall–Kier alpha value is -2.56. The molecule has 0 saturated carbocycles. The van der Waals surface area contributed by atoms with Gasteiger partial charge in [0.1, 0.15) is 6.07 Å². The number of nitrogens with two attached hydrogens (primary N) is 1. The van der Waals surface area contributed by atoms with Gasteiger partial charge in [0.2, 0.25) is 0 Å². The summed E-state index contributed by atoms with van der Waals surface area (Å²) in [5.41, 5.74) is 7.52. The topological polar surface area (TPSA) is 87.6 Å². The Morgan fingerprint density at radius 2 is 1.89 bits per heavy atom. The number of nitrogens with zero attached hydrogens (tertiary/aromatic N) is 4. The summed E-state index contributed by atoms with van der Waals surface area (Å²) >= 11 is 0. The van der Waals surface area contributed by atoms with Crippen molar-refractivity contribution in [2.75, 3.05) is 59.2 Å². The Bertz CT molecular complexity index is 811. The number of nitrogen functional groups attached to an aromatic ring is 1. The molecule has 7 heteroatoms. The summed E-state index contributed by atoms with van der Waals surface area (Å²) in [6.07, 6.45) is 2.44. The van der Waals surface area contributed by atoms with Crippen molar-refractivity contribution in [3.05, 3.63) is 23.9 Å². The number of nitriles is 1. The van der Waals surface area contributed by atoms with E-state index in [1.54, 1.807) is 13.2 Å². The Kier molecular flexibility index (Phi) is 8.30. The zero-order valence-electron chi connectivity index (χ0n) is 17.4. The molecule has 2 heterocycles. The normalized spacial score (nSPS) is 14.8. The molecule has 0 amide bonds. The van der Waals surface area contributed by atoms with E-state index in [1.807, 2.05) is 26.0 Å². The second kappa shape index (κ2) is 10.7. The van der Waals surface area contributed by atoms with Gasteiger partial charge in [0.15, 0.2) is 11.5 Å². The summed E-state index contributed by atoms with van der Waals surface area (Å²) in [5, 5.41) is 9.79. The van der Waals surface area contributed by atoms with Crippen LogP contribution >= 0.6 is 0 Å². The van der Waals surface area contributed by atoms with Crippen LogP contribution in [0, 0.1) is 11.3 Å². The SMILES string of the molecule is CC.COc1cc2c(N)c(C#N)cnc2cc1OCCCN1CCN(C)CC1. The predicted molar refractivity (Wildman–Crippen MR) is 113 cm³/mol. The molecular weight excluding hydrogens is 354 g/mol. The molecule has 1 aromatic carbocycles. The molecule has 0 unspecified atom stereocenters. The maximum Gasteiger partial charge on any atom is 0.163 e. The molecule has 1 aromatic heterocycles. The summed E-state index contributed by atoms with van der Waals surface area (Å²) in [5.74, 6) is 1.25. The smallest absolute Gasteiger partial charge is 0.163 e. The molecule has 0 atom stereocenters. The van der Waals surface area contributed by atoms with Crippen molar-refractivity contribution in [2.24, 2.45) is 0 Å². The number of piperazine rings is 1. The molecule has 3 rings (SSSR count). The third-order valence-electron chi connectivity index (χ3n) is 4.79. The zero-order chi connectivity index (χ0) is 20.5. The van der Waals surface area contributed by atoms with E-state index in [9.17, 15) is 0 Å². The Morgan fingerprint density at radius 1 is 1.18 bits per heavy atom. The van der Waals surface area contributed by atoms with Crippen LogP contribution in [0.25, 0.3) is 10.9 Å². The van der Waals surface area contributed by atoms with Crippen molar-refractivity contribution in [3.63, 3.8) is 0 Å². The van der Waals surface area contributed by atoms with Crippen LogP contribution in [0.4, 0.5) is 5.69 Å². The molecule has 0 bridgehead atoms. The molecule has 1 fully saturated rings. The van der Waals surface area contributed by atoms with Gasteiger partial charge >= 0.3 is 0 Å². The van der Waals surface area contributed by atoms with Crippen LogP contribution in [0.3, 0.4) is 0 Å². The minimum Gasteiger partial charge on any atom is -0.493 e. The van der Waals surface area contributed by atoms with E-state index in [1.165, 1.54) is 6.20 Å². The highest BCUT2D eigenvalue weighted by Gasteiger charge is 2.14. The first-order valence-corrected chi connectivity index (χ1v) is 9.82. The summed E-state index contributed by atoms with van der Waals surface area (Å²) in [6.45, 7) is 10.1. The number of benzene rings is 1. The minimum absolute atomic E-state index is 0.361. The fourth-order valence-electron chi connectivity index (χ4n) is 3.12. The van der Waals surface area contributed by atoms with Gasteiger partial charge in [0.05, 0.1) is 30.5 Å². The summed E-state index contributed by atoms with van der Waals surface area (Å²) in [4.78, 5) is 9.12. The van der Waals surface area contributed by atoms with Gasteiger partial charge in [-0.1, -0.05) is 13.8 Å². The molecule has 0 aliphatic carbocycles. The minimum atomic E-state index is 0.361. The molecule has 7 nitrogen and oxygen atoms in total. The molecule has 1 saturated heterocycles. The lowest BCUT2D eigenvalue weighted by Gasteiger charge is -2.32. The van der Waals surface area contributed by atoms with Gasteiger partial charge in [-0.15, -0.1) is 0 Å². The molecule has 1 aliphatic rings. The number of methoxy groups -OCH3 is 1. The summed E-state index contributed by atoms with van der Waals surface area (Å²) in [6, 6.07) is 5.66. The van der Waals surface area contributed by atoms with Crippen molar-refractivity contribution in [1.29, 1.82) is 5.26 Å². The number of fused-ring (bicyclic) bond motifs is 1. The first-order valence-electron chi connectivity index (χ1n) is 9.82. The molecule has 152 valence electrons. The van der Waals surface area contributed by atoms with Crippen molar-refractivity contribution >= 4 is 16.6 Å². The van der Waals surface area contributed by atoms with Crippen LogP contribution in [0.15, 0.2) is 18.3 Å². The van der Waals surface area contributed by atoms with E-state index in [-0.39, 0.29) is 0 Å². The lowest BCUT2D eigenvalue weighted by Crippen LogP contribution is -2.44. The van der Waals surface area contributed by atoms with Crippen molar-refractivity contribution < 1.29 is 9.47 Å². The van der Waals surface area contributed by atoms with Gasteiger partial charge in [-0.25, -0.2) is 0 Å². The number of rotatable bonds is 6. The second-order valence-corrected chi connectivity index (χ2v) is 6.56. The third-order valence-corrected chi connectivity index (χ3v) is 4.79. The average molecular weight is 386 g/mol. The number of aromatic nitrogens is 1. The van der Waals surface area contributed by atoms with Crippen LogP contribution in [0.1, 0.15) is 25.8 Å². The van der Waals surface area contributed by atoms with E-state index < -0.39 is 0 Å². The average Bonchev–Trinajstić information content (AvgIpc) is 2.74. The Morgan fingerprint density at radius 3 is 2.54 bits per heavy atom. The number of hydrogen-bond donors (Lipinski definition) is 1. The van der Waals surface area contributed by atoms with Crippen LogP contribution in [-0.4, -0.2) is 68.3 Å². The van der Waals surface area contributed by atoms with E-state index >= 15 is 0 Å². The maximum atomic E-state index is 9.09. The number of likely N-dealkylation sites (N-methyl/N-ethyl adjacent to an activating group) is 1. The number of hydrogen-bond acceptors (Lipinski definition) is 7. The summed E-state index contributed by atoms with van der Waals surface area (Å²) < 4.78 is 11.4. The van der Waals surface area contributed by atoms with Gasteiger partial charge in [-0.2, -0.15) is 5.26 Å². The number of anilines is 1. The van der Waals surface area contributed by atoms with E-state index in [0.717, 1.165) is 39.1 Å². The molecule has 0 spiro atoms. The zero-order valence-corrected chi connectivity index (χ0v) is 17.4. The van der Waals surface area contributed by atoms with Gasteiger partial charge in [-0.3, -0.25) is 4.98 Å². The lowest BCUT2D eigenvalue weighted by molar-refractivity contribution is 0.145. The van der Waals surface area contributed by atoms with E-state index in [0.29, 0.717) is 40.3 Å². The van der Waals surface area contributed by atoms with Crippen LogP contribution in [-0.2, 0) is 0 Å². The van der Waals surface area contributed by atoms with Crippen molar-refractivity contribution in [1.82, 2.24) is 14.8 Å². The van der Waals surface area contributed by atoms with Crippen molar-refractivity contribution in [3.8, 4) is 17.6 Å². The van der Waals surface area contributed by atoms with Crippen LogP contribution in [0.2, 0.25) is 0 Å². The van der Waals surface area contributed by atoms with Crippen molar-refractivity contribution in [2.45, 2.75) is 20.3 Å². The van der Waals surface area contributed by atoms with E-state index in [4.69, 9.17) is 20.5 Å². The molecule has 28 heavy (non-hydrogen) atoms. The number of ether oxygens (including phenoxy) is 2. The van der Waals surface area contributed by atoms with Crippen LogP contribution < -0.4 is 15.2 Å². The third kappa shape index (κ3) is 5.24. The van der Waals surface area contributed by atoms with E-state index in [2.05, 4.69) is 21.8 Å². The summed E-state index contributed by atoms with van der Waals surface area (Å²) in [7, 11) is 3.75. The van der Waals surface area contributed by atoms with Crippen LogP contribution in [0.5, 0.6) is 11.5 Å². The largest absolute Gasteiger partial charge is 0.493 e. The first-order chi connectivity index (χ1) is 13.6. The lowest BCUT2D eigenvalue weighted by atomic mass is 10.1. The highest BCUT2D eigenvalue weighted by Crippen LogP contribution is 2.34. The fourth-order valence-corrected chi connectivity index (χ4v) is 3.12. The Labute approximate surface area is 167 Å². The van der Waals surface area contributed by atoms with Gasteiger partial charge in [0.25, 0.3) is 0 Å². The standard InChI is InChI=1S/C19H25N5O2.C2H6/c1-23-5-7-24(8-6-23)4-3-9-26-18-11-16-15(10-17(18)25-2)19(21)14(12-20)13-22-16;1-2/h10-11,13H,3-9H2,1-2H3,(H2,21,22);1-2H3. The molecule has 2 N–H and O–H groups in total. The molecule has 1 aliphatic heterocycles. The molecular formula is C21H31N5O2. The maximum absolute atomic E-state index is 9.09. The molecule has 2 aromatic rings. The fraction of sp³-hybridized carbons (Fsp3) is 0.524. The number of pyridine rings is 1. The first kappa shape index (κ1) is 21.7. The quantitative estimate of drug-likeness (QED) is 0.765. The predicted octanol–water partition coefficient (Wildman–Crippen LogP) is 2.74. The highest BCUT2D eigenvalue weighted by atomic mass is 16.5. The molecule has 0 radical (unpaired) electrons. The Balaban J connectivity index is 0.00000136.